The van der Waals surface area contributed by atoms with Gasteiger partial charge in [0.1, 0.15) is 5.82 Å². The first kappa shape index (κ1) is 20.3. The number of fused-ring (bicyclic) bond motifs is 1. The van der Waals surface area contributed by atoms with Crippen molar-refractivity contribution in [3.05, 3.63) is 87.8 Å². The number of rotatable bonds is 1. The Labute approximate surface area is 177 Å². The van der Waals surface area contributed by atoms with Gasteiger partial charge in [-0.05, 0) is 80.2 Å². The molecule has 30 heavy (non-hydrogen) atoms. The fourth-order valence-corrected chi connectivity index (χ4v) is 4.71. The molecule has 0 radical (unpaired) electrons. The number of hydrogen-bond acceptors (Lipinski definition) is 2. The van der Waals surface area contributed by atoms with Crippen molar-refractivity contribution < 1.29 is 14.3 Å². The molecule has 0 amide bonds. The van der Waals surface area contributed by atoms with E-state index in [1.54, 1.807) is 12.1 Å². The zero-order valence-corrected chi connectivity index (χ0v) is 17.3. The number of Topliss-reactive ketones (excluding diaryl/α,β-unsaturated/α-hetero) is 1. The molecule has 0 aliphatic heterocycles. The number of aliphatic hydroxyl groups is 1. The standard InChI is InChI=1S/C27H25FO2/c1-18-24-10-5-11-25(29)27(24,2)17-22(26(18)30)15-21-8-3-6-19(14-21)12-13-20-7-4-9-23(28)16-20/h3-4,6-9,14-16,25,29H,5,10-11,17H2,1-2H3/t25-,27-/m0/s1. The Balaban J connectivity index is 1.65. The Kier molecular flexibility index (Phi) is 5.45. The van der Waals surface area contributed by atoms with Crippen LogP contribution in [0.15, 0.2) is 65.3 Å². The van der Waals surface area contributed by atoms with E-state index >= 15 is 0 Å². The lowest BCUT2D eigenvalue weighted by molar-refractivity contribution is -0.113. The largest absolute Gasteiger partial charge is 0.392 e. The zero-order valence-electron chi connectivity index (χ0n) is 17.3. The molecule has 2 aliphatic rings. The van der Waals surface area contributed by atoms with Crippen LogP contribution in [-0.4, -0.2) is 17.0 Å². The number of hydrogen-bond donors (Lipinski definition) is 1. The van der Waals surface area contributed by atoms with Gasteiger partial charge in [-0.15, -0.1) is 0 Å². The number of halogens is 1. The van der Waals surface area contributed by atoms with Crippen molar-refractivity contribution in [1.29, 1.82) is 0 Å². The van der Waals surface area contributed by atoms with Crippen LogP contribution in [0.2, 0.25) is 0 Å². The maximum absolute atomic E-state index is 13.3. The molecule has 3 heteroatoms. The number of carbonyl (C=O) groups is 1. The van der Waals surface area contributed by atoms with Gasteiger partial charge in [-0.1, -0.05) is 42.5 Å². The van der Waals surface area contributed by atoms with E-state index in [2.05, 4.69) is 18.8 Å². The van der Waals surface area contributed by atoms with Crippen molar-refractivity contribution in [2.24, 2.45) is 5.41 Å². The summed E-state index contributed by atoms with van der Waals surface area (Å²) in [5.41, 5.74) is 4.59. The molecule has 2 atom stereocenters. The van der Waals surface area contributed by atoms with Gasteiger partial charge in [-0.3, -0.25) is 4.79 Å². The first-order valence-corrected chi connectivity index (χ1v) is 10.4. The predicted molar refractivity (Wildman–Crippen MR) is 117 cm³/mol. The van der Waals surface area contributed by atoms with Crippen molar-refractivity contribution in [2.45, 2.75) is 45.6 Å². The van der Waals surface area contributed by atoms with Gasteiger partial charge in [0.05, 0.1) is 6.10 Å². The Morgan fingerprint density at radius 1 is 1.13 bits per heavy atom. The Hall–Kier alpha value is -2.96. The highest BCUT2D eigenvalue weighted by Gasteiger charge is 2.45. The average molecular weight is 400 g/mol. The first-order valence-electron chi connectivity index (χ1n) is 10.4. The highest BCUT2D eigenvalue weighted by atomic mass is 19.1. The number of allylic oxidation sites excluding steroid dienone is 2. The van der Waals surface area contributed by atoms with E-state index in [-0.39, 0.29) is 17.0 Å². The Morgan fingerprint density at radius 3 is 2.57 bits per heavy atom. The van der Waals surface area contributed by atoms with Crippen LogP contribution in [-0.2, 0) is 4.79 Å². The van der Waals surface area contributed by atoms with Crippen LogP contribution < -0.4 is 0 Å². The molecule has 2 aliphatic carbocycles. The second-order valence-electron chi connectivity index (χ2n) is 8.49. The third-order valence-corrected chi connectivity index (χ3v) is 6.38. The van der Waals surface area contributed by atoms with E-state index in [1.807, 2.05) is 37.3 Å². The predicted octanol–water partition coefficient (Wildman–Crippen LogP) is 5.45. The molecule has 0 heterocycles. The fraction of sp³-hybridized carbons (Fsp3) is 0.296. The van der Waals surface area contributed by atoms with Crippen molar-refractivity contribution in [2.75, 3.05) is 0 Å². The quantitative estimate of drug-likeness (QED) is 0.511. The van der Waals surface area contributed by atoms with Crippen LogP contribution in [0.4, 0.5) is 4.39 Å². The van der Waals surface area contributed by atoms with Gasteiger partial charge in [-0.2, -0.15) is 0 Å². The van der Waals surface area contributed by atoms with E-state index in [9.17, 15) is 14.3 Å². The SMILES string of the molecule is CC1=C2CCC[C@H](O)[C@@]2(C)CC(=Cc2cccc(C#Cc3cccc(F)c3)c2)C1=O. The molecule has 2 aromatic carbocycles. The topological polar surface area (TPSA) is 37.3 Å². The van der Waals surface area contributed by atoms with E-state index in [1.165, 1.54) is 12.1 Å². The molecular formula is C27H25FO2. The number of aliphatic hydroxyl groups excluding tert-OH is 1. The van der Waals surface area contributed by atoms with Crippen LogP contribution in [0, 0.1) is 23.1 Å². The summed E-state index contributed by atoms with van der Waals surface area (Å²) in [7, 11) is 0. The lowest BCUT2D eigenvalue weighted by atomic mass is 9.61. The summed E-state index contributed by atoms with van der Waals surface area (Å²) in [5, 5.41) is 10.7. The van der Waals surface area contributed by atoms with Gasteiger partial charge in [0.25, 0.3) is 0 Å². The third kappa shape index (κ3) is 3.88. The summed E-state index contributed by atoms with van der Waals surface area (Å²) in [6.07, 6.45) is 4.66. The van der Waals surface area contributed by atoms with Crippen LogP contribution >= 0.6 is 0 Å². The van der Waals surface area contributed by atoms with E-state index < -0.39 is 6.10 Å². The molecular weight excluding hydrogens is 375 g/mol. The molecule has 1 saturated carbocycles. The maximum atomic E-state index is 13.3. The number of carbonyl (C=O) groups excluding carboxylic acids is 1. The van der Waals surface area contributed by atoms with Crippen LogP contribution in [0.3, 0.4) is 0 Å². The molecule has 4 rings (SSSR count). The molecule has 0 saturated heterocycles. The highest BCUT2D eigenvalue weighted by molar-refractivity contribution is 6.12. The van der Waals surface area contributed by atoms with Crippen LogP contribution in [0.25, 0.3) is 6.08 Å². The number of benzene rings is 2. The van der Waals surface area contributed by atoms with Gasteiger partial charge in [0.2, 0.25) is 0 Å². The first-order chi connectivity index (χ1) is 14.4. The molecule has 1 fully saturated rings. The smallest absolute Gasteiger partial charge is 0.184 e. The lowest BCUT2D eigenvalue weighted by Crippen LogP contribution is -2.42. The maximum Gasteiger partial charge on any atom is 0.184 e. The van der Waals surface area contributed by atoms with E-state index in [0.717, 1.165) is 47.1 Å². The Bertz CT molecular complexity index is 1130. The molecule has 0 spiro atoms. The van der Waals surface area contributed by atoms with E-state index in [4.69, 9.17) is 0 Å². The second kappa shape index (κ2) is 8.05. The third-order valence-electron chi connectivity index (χ3n) is 6.38. The minimum atomic E-state index is -0.420. The molecule has 2 nitrogen and oxygen atoms in total. The summed E-state index contributed by atoms with van der Waals surface area (Å²) in [6.45, 7) is 3.97. The number of ketones is 1. The molecule has 0 unspecified atom stereocenters. The van der Waals surface area contributed by atoms with Crippen LogP contribution in [0.1, 0.15) is 56.2 Å². The second-order valence-corrected chi connectivity index (χ2v) is 8.49. The molecule has 152 valence electrons. The van der Waals surface area contributed by atoms with Gasteiger partial charge in [0, 0.05) is 22.1 Å². The summed E-state index contributed by atoms with van der Waals surface area (Å²) >= 11 is 0. The molecule has 0 bridgehead atoms. The summed E-state index contributed by atoms with van der Waals surface area (Å²) in [4.78, 5) is 13.0. The lowest BCUT2D eigenvalue weighted by Gasteiger charge is -2.45. The zero-order chi connectivity index (χ0) is 21.3. The van der Waals surface area contributed by atoms with E-state index in [0.29, 0.717) is 12.0 Å². The fourth-order valence-electron chi connectivity index (χ4n) is 4.71. The highest BCUT2D eigenvalue weighted by Crippen LogP contribution is 2.50. The summed E-state index contributed by atoms with van der Waals surface area (Å²) in [6, 6.07) is 13.9. The minimum absolute atomic E-state index is 0.0767. The van der Waals surface area contributed by atoms with Crippen LogP contribution in [0.5, 0.6) is 0 Å². The Morgan fingerprint density at radius 2 is 1.83 bits per heavy atom. The summed E-state index contributed by atoms with van der Waals surface area (Å²) in [5.74, 6) is 5.81. The normalized spacial score (nSPS) is 25.0. The van der Waals surface area contributed by atoms with Crippen molar-refractivity contribution >= 4 is 11.9 Å². The average Bonchev–Trinajstić information content (AvgIpc) is 2.72. The van der Waals surface area contributed by atoms with Crippen molar-refractivity contribution in [1.82, 2.24) is 0 Å². The van der Waals surface area contributed by atoms with Gasteiger partial charge < -0.3 is 5.11 Å². The molecule has 2 aromatic rings. The van der Waals surface area contributed by atoms with Gasteiger partial charge >= 0.3 is 0 Å². The van der Waals surface area contributed by atoms with Gasteiger partial charge in [-0.25, -0.2) is 4.39 Å². The molecule has 0 aromatic heterocycles. The van der Waals surface area contributed by atoms with Gasteiger partial charge in [0.15, 0.2) is 5.78 Å². The van der Waals surface area contributed by atoms with Crippen molar-refractivity contribution in [3.8, 4) is 11.8 Å². The molecule has 1 N–H and O–H groups in total. The monoisotopic (exact) mass is 400 g/mol. The minimum Gasteiger partial charge on any atom is -0.392 e. The van der Waals surface area contributed by atoms with Crippen molar-refractivity contribution in [3.63, 3.8) is 0 Å². The summed E-state index contributed by atoms with van der Waals surface area (Å²) < 4.78 is 13.3.